The Kier molecular flexibility index (Phi) is 13.7. The first-order valence-electron chi connectivity index (χ1n) is 16.8. The number of ketones is 2. The second-order valence-electron chi connectivity index (χ2n) is 11.4. The summed E-state index contributed by atoms with van der Waals surface area (Å²) >= 11 is 2.56. The minimum atomic E-state index is -0.482. The summed E-state index contributed by atoms with van der Waals surface area (Å²) in [5, 5.41) is 0. The van der Waals surface area contributed by atoms with E-state index in [9.17, 15) is 19.2 Å². The first kappa shape index (κ1) is 39.0. The molecule has 0 aliphatic heterocycles. The number of fused-ring (bicyclic) bond motifs is 2. The molecule has 0 radical (unpaired) electrons. The van der Waals surface area contributed by atoms with Crippen molar-refractivity contribution in [2.24, 2.45) is 0 Å². The Morgan fingerprint density at radius 3 is 1.52 bits per heavy atom. The highest BCUT2D eigenvalue weighted by Crippen LogP contribution is 2.42. The topological polar surface area (TPSA) is 86.7 Å². The number of hydrogen-bond acceptors (Lipinski definition) is 8. The summed E-state index contributed by atoms with van der Waals surface area (Å²) in [7, 11) is 0. The number of rotatable bonds is 10. The molecule has 0 fully saturated rings. The molecule has 8 heteroatoms. The van der Waals surface area contributed by atoms with Crippen LogP contribution in [0.1, 0.15) is 63.7 Å². The maximum Gasteiger partial charge on any atom is 0.339 e. The van der Waals surface area contributed by atoms with Crippen molar-refractivity contribution in [2.45, 2.75) is 32.8 Å². The van der Waals surface area contributed by atoms with E-state index in [-0.39, 0.29) is 24.8 Å². The smallest absolute Gasteiger partial charge is 0.339 e. The molecule has 0 spiro atoms. The monoisotopic (exact) mass is 748 g/mol. The highest BCUT2D eigenvalue weighted by atomic mass is 32.2. The Labute approximate surface area is 323 Å². The van der Waals surface area contributed by atoms with Crippen molar-refractivity contribution in [1.82, 2.24) is 0 Å². The van der Waals surface area contributed by atoms with Gasteiger partial charge in [-0.3, -0.25) is 9.59 Å². The highest BCUT2D eigenvalue weighted by Gasteiger charge is 2.34. The summed E-state index contributed by atoms with van der Waals surface area (Å²) in [4.78, 5) is 56.8. The summed E-state index contributed by atoms with van der Waals surface area (Å²) < 4.78 is 11.1. The van der Waals surface area contributed by atoms with Gasteiger partial charge in [0.05, 0.1) is 11.1 Å². The quantitative estimate of drug-likeness (QED) is 0.101. The molecule has 0 atom stereocenters. The fourth-order valence-corrected chi connectivity index (χ4v) is 7.75. The molecule has 0 N–H and O–H groups in total. The van der Waals surface area contributed by atoms with Crippen LogP contribution in [-0.2, 0) is 22.7 Å². The SMILES string of the molecule is C=C.C=C.O=C(OCc1ccccc1)c1cccc(Sc2cccc3c2C(=O)c2cccc(Sc4ccccc4C(=O)OCc4ccccc4)c2C3=O)c1. The fourth-order valence-electron chi connectivity index (χ4n) is 5.61. The predicted molar refractivity (Wildman–Crippen MR) is 215 cm³/mol. The van der Waals surface area contributed by atoms with E-state index in [0.717, 1.165) is 16.0 Å². The van der Waals surface area contributed by atoms with Crippen LogP contribution in [-0.4, -0.2) is 23.5 Å². The zero-order chi connectivity index (χ0) is 38.5. The minimum Gasteiger partial charge on any atom is -0.457 e. The molecule has 6 aromatic carbocycles. The van der Waals surface area contributed by atoms with E-state index in [4.69, 9.17) is 9.47 Å². The zero-order valence-corrected chi connectivity index (χ0v) is 31.0. The molecule has 6 nitrogen and oxygen atoms in total. The van der Waals surface area contributed by atoms with Crippen LogP contribution < -0.4 is 0 Å². The van der Waals surface area contributed by atoms with E-state index in [2.05, 4.69) is 26.3 Å². The lowest BCUT2D eigenvalue weighted by atomic mass is 9.84. The molecule has 0 aromatic heterocycles. The standard InChI is InChI=1S/C42H28O6S2.2C2H4/c43-39-33-20-11-23-36(50-34-21-8-7-18-31(34)42(46)48-26-28-14-5-2-6-15-28)38(33)40(44)32-19-10-22-35(37(32)39)49-30-17-9-16-29(24-30)41(45)47-25-27-12-3-1-4-13-27;2*1-2/h1-24H,25-26H2;2*1-2H2. The van der Waals surface area contributed by atoms with E-state index >= 15 is 0 Å². The van der Waals surface area contributed by atoms with Crippen molar-refractivity contribution in [3.63, 3.8) is 0 Å². The van der Waals surface area contributed by atoms with Crippen molar-refractivity contribution >= 4 is 47.0 Å². The molecule has 0 heterocycles. The molecule has 1 aliphatic carbocycles. The number of ether oxygens (including phenoxy) is 2. The van der Waals surface area contributed by atoms with Gasteiger partial charge in [0.2, 0.25) is 0 Å². The molecule has 6 aromatic rings. The number of esters is 2. The summed E-state index contributed by atoms with van der Waals surface area (Å²) in [6.45, 7) is 12.3. The third-order valence-electron chi connectivity index (χ3n) is 8.05. The van der Waals surface area contributed by atoms with Gasteiger partial charge in [0.15, 0.2) is 11.6 Å². The van der Waals surface area contributed by atoms with E-state index in [1.54, 1.807) is 72.8 Å². The molecule has 0 bridgehead atoms. The van der Waals surface area contributed by atoms with Crippen LogP contribution in [0.25, 0.3) is 0 Å². The average Bonchev–Trinajstić information content (AvgIpc) is 3.23. The van der Waals surface area contributed by atoms with Gasteiger partial charge in [-0.15, -0.1) is 26.3 Å². The van der Waals surface area contributed by atoms with Gasteiger partial charge < -0.3 is 9.47 Å². The number of benzene rings is 6. The third kappa shape index (κ3) is 9.04. The van der Waals surface area contributed by atoms with Gasteiger partial charge in [0.25, 0.3) is 0 Å². The molecule has 7 rings (SSSR count). The Balaban J connectivity index is 0.00000136. The van der Waals surface area contributed by atoms with Gasteiger partial charge in [0, 0.05) is 41.8 Å². The summed E-state index contributed by atoms with van der Waals surface area (Å²) in [6, 6.07) is 43.4. The normalized spacial score (nSPS) is 11.0. The molecule has 1 aliphatic rings. The largest absolute Gasteiger partial charge is 0.457 e. The summed E-state index contributed by atoms with van der Waals surface area (Å²) in [6.07, 6.45) is 0. The van der Waals surface area contributed by atoms with Gasteiger partial charge >= 0.3 is 11.9 Å². The van der Waals surface area contributed by atoms with Crippen molar-refractivity contribution in [2.75, 3.05) is 0 Å². The summed E-state index contributed by atoms with van der Waals surface area (Å²) in [5.74, 6) is -1.48. The first-order valence-corrected chi connectivity index (χ1v) is 18.4. The van der Waals surface area contributed by atoms with Crippen LogP contribution in [0.3, 0.4) is 0 Å². The van der Waals surface area contributed by atoms with E-state index in [1.165, 1.54) is 23.5 Å². The zero-order valence-electron chi connectivity index (χ0n) is 29.4. The predicted octanol–water partition coefficient (Wildman–Crippen LogP) is 11.1. The second-order valence-corrected chi connectivity index (χ2v) is 13.6. The molecule has 0 amide bonds. The van der Waals surface area contributed by atoms with Crippen molar-refractivity contribution in [3.8, 4) is 0 Å². The third-order valence-corrected chi connectivity index (χ3v) is 10.2. The van der Waals surface area contributed by atoms with Crippen LogP contribution in [0.15, 0.2) is 191 Å². The van der Waals surface area contributed by atoms with Gasteiger partial charge in [-0.05, 0) is 53.6 Å². The Morgan fingerprint density at radius 2 is 0.944 bits per heavy atom. The van der Waals surface area contributed by atoms with Crippen LogP contribution >= 0.6 is 23.5 Å². The van der Waals surface area contributed by atoms with Crippen molar-refractivity contribution in [3.05, 3.63) is 216 Å². The summed E-state index contributed by atoms with van der Waals surface area (Å²) in [5.41, 5.74) is 3.72. The molecule has 0 saturated carbocycles. The Morgan fingerprint density at radius 1 is 0.481 bits per heavy atom. The molecule has 0 unspecified atom stereocenters. The second kappa shape index (κ2) is 19.0. The molecule has 268 valence electrons. The lowest BCUT2D eigenvalue weighted by molar-refractivity contribution is 0.0461. The van der Waals surface area contributed by atoms with Gasteiger partial charge in [-0.25, -0.2) is 9.59 Å². The van der Waals surface area contributed by atoms with Crippen LogP contribution in [0, 0.1) is 0 Å². The minimum absolute atomic E-state index is 0.131. The van der Waals surface area contributed by atoms with Gasteiger partial charge in [0.1, 0.15) is 13.2 Å². The lowest BCUT2D eigenvalue weighted by Crippen LogP contribution is -2.22. The van der Waals surface area contributed by atoms with Gasteiger partial charge in [-0.1, -0.05) is 127 Å². The molecule has 54 heavy (non-hydrogen) atoms. The van der Waals surface area contributed by atoms with Crippen LogP contribution in [0.5, 0.6) is 0 Å². The number of carbonyl (C=O) groups is 4. The Hall–Kier alpha value is -6.22. The maximum absolute atomic E-state index is 14.2. The highest BCUT2D eigenvalue weighted by molar-refractivity contribution is 7.99. The van der Waals surface area contributed by atoms with Gasteiger partial charge in [-0.2, -0.15) is 0 Å². The lowest BCUT2D eigenvalue weighted by Gasteiger charge is -2.22. The fraction of sp³-hybridized carbons (Fsp3) is 0.0435. The Bertz CT molecular complexity index is 2280. The molecule has 0 saturated heterocycles. The number of hydrogen-bond donors (Lipinski definition) is 0. The van der Waals surface area contributed by atoms with E-state index in [0.29, 0.717) is 48.1 Å². The van der Waals surface area contributed by atoms with E-state index < -0.39 is 11.9 Å². The first-order chi connectivity index (χ1) is 26.5. The van der Waals surface area contributed by atoms with Crippen molar-refractivity contribution in [1.29, 1.82) is 0 Å². The molecular formula is C46H36O6S2. The molecular weight excluding hydrogens is 713 g/mol. The maximum atomic E-state index is 14.2. The average molecular weight is 749 g/mol. The number of carbonyl (C=O) groups excluding carboxylic acids is 4. The van der Waals surface area contributed by atoms with Crippen LogP contribution in [0.2, 0.25) is 0 Å². The van der Waals surface area contributed by atoms with E-state index in [1.807, 2.05) is 72.8 Å². The van der Waals surface area contributed by atoms with Crippen molar-refractivity contribution < 1.29 is 28.7 Å². The van der Waals surface area contributed by atoms with Crippen LogP contribution in [0.4, 0.5) is 0 Å².